The number of hydrogen-bond acceptors (Lipinski definition) is 3. The van der Waals surface area contributed by atoms with Crippen molar-refractivity contribution in [1.82, 2.24) is 20.4 Å². The van der Waals surface area contributed by atoms with Crippen LogP contribution in [-0.2, 0) is 17.5 Å². The molecule has 1 aliphatic rings. The quantitative estimate of drug-likeness (QED) is 0.358. The summed E-state index contributed by atoms with van der Waals surface area (Å²) in [6, 6.07) is 1.05. The fourth-order valence-electron chi connectivity index (χ4n) is 4.07. The lowest BCUT2D eigenvalue weighted by atomic mass is 9.89. The highest BCUT2D eigenvalue weighted by molar-refractivity contribution is 5.79. The van der Waals surface area contributed by atoms with Crippen molar-refractivity contribution in [3.63, 3.8) is 0 Å². The van der Waals surface area contributed by atoms with Gasteiger partial charge in [0.1, 0.15) is 0 Å². The molecule has 8 heteroatoms. The third-order valence-electron chi connectivity index (χ3n) is 5.94. The number of nitrogens with zero attached hydrogens (tertiary/aromatic N) is 2. The molecule has 2 atom stereocenters. The second kappa shape index (κ2) is 12.3. The van der Waals surface area contributed by atoms with E-state index in [1.807, 2.05) is 19.9 Å². The number of rotatable bonds is 11. The Kier molecular flexibility index (Phi) is 9.98. The smallest absolute Gasteiger partial charge is 0.393 e. The van der Waals surface area contributed by atoms with E-state index in [2.05, 4.69) is 40.9 Å². The number of alkyl halides is 3. The number of hydrogen-bond donors (Lipinski definition) is 2. The first-order chi connectivity index (χ1) is 16.4. The van der Waals surface area contributed by atoms with Crippen LogP contribution in [0.5, 0.6) is 0 Å². The molecule has 0 bridgehead atoms. The van der Waals surface area contributed by atoms with E-state index >= 15 is 0 Å². The number of amides is 1. The van der Waals surface area contributed by atoms with Crippen molar-refractivity contribution in [2.45, 2.75) is 78.6 Å². The molecule has 0 aromatic carbocycles. The first kappa shape index (κ1) is 28.5. The van der Waals surface area contributed by atoms with Gasteiger partial charge in [0.05, 0.1) is 17.8 Å². The van der Waals surface area contributed by atoms with Gasteiger partial charge in [0.25, 0.3) is 0 Å². The van der Waals surface area contributed by atoms with Gasteiger partial charge >= 0.3 is 6.18 Å². The van der Waals surface area contributed by atoms with Gasteiger partial charge in [-0.05, 0) is 51.5 Å². The first-order valence-corrected chi connectivity index (χ1v) is 12.3. The van der Waals surface area contributed by atoms with Crippen molar-refractivity contribution in [3.8, 4) is 0 Å². The van der Waals surface area contributed by atoms with Crippen LogP contribution in [-0.4, -0.2) is 28.3 Å². The lowest BCUT2D eigenvalue weighted by Gasteiger charge is -2.29. The second-order valence-electron chi connectivity index (χ2n) is 9.80. The third-order valence-corrected chi connectivity index (χ3v) is 5.94. The van der Waals surface area contributed by atoms with Crippen LogP contribution in [0.2, 0.25) is 0 Å². The molecule has 1 aromatic rings. The summed E-state index contributed by atoms with van der Waals surface area (Å²) in [6.45, 7) is 9.66. The molecular formula is C27H39F3N4O. The molecule has 194 valence electrons. The van der Waals surface area contributed by atoms with Gasteiger partial charge in [-0.15, -0.1) is 0 Å². The molecule has 0 radical (unpaired) electrons. The van der Waals surface area contributed by atoms with Gasteiger partial charge in [-0.3, -0.25) is 9.48 Å². The Bertz CT molecular complexity index is 983. The molecular weight excluding hydrogens is 453 g/mol. The topological polar surface area (TPSA) is 59.0 Å². The lowest BCUT2D eigenvalue weighted by molar-refractivity contribution is -0.141. The molecule has 2 rings (SSSR count). The molecule has 1 aromatic heterocycles. The number of allylic oxidation sites excluding steroid dienone is 7. The van der Waals surface area contributed by atoms with Crippen LogP contribution in [0.4, 0.5) is 13.2 Å². The number of carbonyl (C=O) groups excluding carboxylic acids is 1. The molecule has 0 aliphatic heterocycles. The molecule has 1 aliphatic carbocycles. The van der Waals surface area contributed by atoms with E-state index in [-0.39, 0.29) is 18.4 Å². The van der Waals surface area contributed by atoms with Crippen LogP contribution in [0.1, 0.15) is 71.7 Å². The van der Waals surface area contributed by atoms with Gasteiger partial charge in [0.15, 0.2) is 5.69 Å². The summed E-state index contributed by atoms with van der Waals surface area (Å²) >= 11 is 0. The van der Waals surface area contributed by atoms with Crippen molar-refractivity contribution >= 4 is 11.5 Å². The van der Waals surface area contributed by atoms with Gasteiger partial charge < -0.3 is 10.6 Å². The largest absolute Gasteiger partial charge is 0.435 e. The van der Waals surface area contributed by atoms with Crippen molar-refractivity contribution in [3.05, 3.63) is 59.6 Å². The van der Waals surface area contributed by atoms with E-state index in [1.54, 1.807) is 33.2 Å². The van der Waals surface area contributed by atoms with E-state index in [0.717, 1.165) is 30.9 Å². The third kappa shape index (κ3) is 8.44. The van der Waals surface area contributed by atoms with Gasteiger partial charge in [-0.1, -0.05) is 56.7 Å². The maximum Gasteiger partial charge on any atom is 0.435 e. The maximum atomic E-state index is 13.5. The number of nitrogens with one attached hydrogen (secondary N) is 2. The van der Waals surface area contributed by atoms with Crippen LogP contribution in [0.25, 0.3) is 5.57 Å². The summed E-state index contributed by atoms with van der Waals surface area (Å²) in [7, 11) is 1.69. The number of aromatic nitrogens is 2. The standard InChI is InChI=1S/C27H39F3N4O/c1-7-9-13-22(17-31-6)23-16-24(27(28,29)30)33-34(23)18-26(4,5)32-25(35)19(3)14-21-12-10-11-20(8-2)15-21/h9-10,12-13,15-17,19-20,31H,7-8,11,14,18H2,1-6H3,(H,32,35)/b13-9+,22-17+. The van der Waals surface area contributed by atoms with E-state index in [4.69, 9.17) is 0 Å². The average Bonchev–Trinajstić information content (AvgIpc) is 3.19. The Hall–Kier alpha value is -2.77. The van der Waals surface area contributed by atoms with Crippen LogP contribution in [0, 0.1) is 11.8 Å². The van der Waals surface area contributed by atoms with Crippen molar-refractivity contribution in [2.24, 2.45) is 11.8 Å². The van der Waals surface area contributed by atoms with Crippen LogP contribution < -0.4 is 10.6 Å². The molecule has 35 heavy (non-hydrogen) atoms. The van der Waals surface area contributed by atoms with Crippen molar-refractivity contribution in [1.29, 1.82) is 0 Å². The molecule has 0 spiro atoms. The predicted molar refractivity (Wildman–Crippen MR) is 135 cm³/mol. The maximum absolute atomic E-state index is 13.5. The molecule has 2 unspecified atom stereocenters. The highest BCUT2D eigenvalue weighted by Crippen LogP contribution is 2.31. The first-order valence-electron chi connectivity index (χ1n) is 12.3. The summed E-state index contributed by atoms with van der Waals surface area (Å²) in [5.41, 5.74) is 0.273. The number of carbonyl (C=O) groups is 1. The van der Waals surface area contributed by atoms with Gasteiger partial charge in [0.2, 0.25) is 5.91 Å². The van der Waals surface area contributed by atoms with E-state index in [0.29, 0.717) is 23.6 Å². The monoisotopic (exact) mass is 492 g/mol. The van der Waals surface area contributed by atoms with E-state index < -0.39 is 17.4 Å². The summed E-state index contributed by atoms with van der Waals surface area (Å²) in [4.78, 5) is 13.0. The van der Waals surface area contributed by atoms with Gasteiger partial charge in [-0.25, -0.2) is 0 Å². The number of halogens is 3. The van der Waals surface area contributed by atoms with Crippen molar-refractivity contribution < 1.29 is 18.0 Å². The molecule has 0 saturated carbocycles. The Labute approximate surface area is 207 Å². The highest BCUT2D eigenvalue weighted by Gasteiger charge is 2.36. The van der Waals surface area contributed by atoms with Crippen LogP contribution in [0.15, 0.2) is 48.2 Å². The highest BCUT2D eigenvalue weighted by atomic mass is 19.4. The molecule has 5 nitrogen and oxygen atoms in total. The minimum atomic E-state index is -4.57. The second-order valence-corrected chi connectivity index (χ2v) is 9.80. The Morgan fingerprint density at radius 1 is 1.31 bits per heavy atom. The van der Waals surface area contributed by atoms with Gasteiger partial charge in [0, 0.05) is 24.7 Å². The summed E-state index contributed by atoms with van der Waals surface area (Å²) in [5, 5.41) is 9.77. The Morgan fingerprint density at radius 2 is 2.03 bits per heavy atom. The molecule has 0 fully saturated rings. The minimum Gasteiger partial charge on any atom is -0.393 e. The fourth-order valence-corrected chi connectivity index (χ4v) is 4.07. The normalized spacial score (nSPS) is 18.0. The Balaban J connectivity index is 2.23. The van der Waals surface area contributed by atoms with Crippen LogP contribution >= 0.6 is 0 Å². The zero-order valence-electron chi connectivity index (χ0n) is 21.7. The molecule has 0 saturated heterocycles. The zero-order valence-corrected chi connectivity index (χ0v) is 21.7. The van der Waals surface area contributed by atoms with Crippen molar-refractivity contribution in [2.75, 3.05) is 7.05 Å². The average molecular weight is 493 g/mol. The summed E-state index contributed by atoms with van der Waals surface area (Å²) in [5.74, 6) is 0.102. The molecule has 2 N–H and O–H groups in total. The predicted octanol–water partition coefficient (Wildman–Crippen LogP) is 6.26. The minimum absolute atomic E-state index is 0.0817. The fraction of sp³-hybridized carbons (Fsp3) is 0.556. The molecule has 1 heterocycles. The molecule has 1 amide bonds. The summed E-state index contributed by atoms with van der Waals surface area (Å²) in [6.07, 6.45) is 10.6. The van der Waals surface area contributed by atoms with Gasteiger partial charge in [-0.2, -0.15) is 18.3 Å². The Morgan fingerprint density at radius 3 is 2.63 bits per heavy atom. The summed E-state index contributed by atoms with van der Waals surface area (Å²) < 4.78 is 41.8. The zero-order chi connectivity index (χ0) is 26.2. The van der Waals surface area contributed by atoms with E-state index in [1.165, 1.54) is 4.68 Å². The SMILES string of the molecule is CC/C=C/C(=C\NC)c1cc(C(F)(F)F)nn1CC(C)(C)NC(=O)C(C)CC1=CC(CC)CC=C1. The van der Waals surface area contributed by atoms with Crippen LogP contribution in [0.3, 0.4) is 0 Å². The lowest BCUT2D eigenvalue weighted by Crippen LogP contribution is -2.48. The van der Waals surface area contributed by atoms with E-state index in [9.17, 15) is 18.0 Å².